The fourth-order valence-corrected chi connectivity index (χ4v) is 1.17. The monoisotopic (exact) mass is 233 g/mol. The van der Waals surface area contributed by atoms with Crippen LogP contribution >= 0.6 is 23.2 Å². The predicted octanol–water partition coefficient (Wildman–Crippen LogP) is 3.05. The Hall–Kier alpha value is -0.730. The number of rotatable bonds is 2. The molecule has 2 N–H and O–H groups in total. The SMILES string of the molecule is CC.NC(=O)Cc1ccc(Cl)c(Cl)c1. The number of carbonyl (C=O) groups excluding carboxylic acids is 1. The maximum Gasteiger partial charge on any atom is 0.221 e. The zero-order valence-electron chi connectivity index (χ0n) is 8.18. The van der Waals surface area contributed by atoms with Crippen LogP contribution in [0.2, 0.25) is 10.0 Å². The van der Waals surface area contributed by atoms with Crippen molar-refractivity contribution in [3.05, 3.63) is 33.8 Å². The Kier molecular flexibility index (Phi) is 6.34. The van der Waals surface area contributed by atoms with E-state index in [0.29, 0.717) is 10.0 Å². The number of halogens is 2. The van der Waals surface area contributed by atoms with E-state index in [1.165, 1.54) is 0 Å². The molecule has 0 atom stereocenters. The zero-order valence-corrected chi connectivity index (χ0v) is 9.69. The Morgan fingerprint density at radius 1 is 1.29 bits per heavy atom. The van der Waals surface area contributed by atoms with E-state index in [1.807, 2.05) is 13.8 Å². The summed E-state index contributed by atoms with van der Waals surface area (Å²) >= 11 is 11.4. The van der Waals surface area contributed by atoms with E-state index >= 15 is 0 Å². The summed E-state index contributed by atoms with van der Waals surface area (Å²) in [5.74, 6) is -0.381. The molecule has 4 heteroatoms. The second kappa shape index (κ2) is 6.68. The lowest BCUT2D eigenvalue weighted by atomic mass is 10.1. The minimum Gasteiger partial charge on any atom is -0.369 e. The molecule has 0 aliphatic rings. The first-order valence-corrected chi connectivity index (χ1v) is 5.07. The molecular weight excluding hydrogens is 221 g/mol. The summed E-state index contributed by atoms with van der Waals surface area (Å²) in [5, 5.41) is 0.917. The summed E-state index contributed by atoms with van der Waals surface area (Å²) < 4.78 is 0. The second-order valence-corrected chi connectivity index (χ2v) is 3.21. The third kappa shape index (κ3) is 4.49. The number of nitrogens with two attached hydrogens (primary N) is 1. The predicted molar refractivity (Wildman–Crippen MR) is 60.7 cm³/mol. The molecule has 0 aromatic heterocycles. The van der Waals surface area contributed by atoms with Gasteiger partial charge in [-0.3, -0.25) is 4.79 Å². The van der Waals surface area contributed by atoms with Gasteiger partial charge in [-0.05, 0) is 17.7 Å². The number of benzene rings is 1. The Bertz CT molecular complexity index is 313. The molecule has 1 aromatic rings. The molecule has 0 spiro atoms. The first-order chi connectivity index (χ1) is 6.59. The van der Waals surface area contributed by atoms with Crippen LogP contribution in [0.5, 0.6) is 0 Å². The van der Waals surface area contributed by atoms with Gasteiger partial charge in [0.25, 0.3) is 0 Å². The van der Waals surface area contributed by atoms with Crippen LogP contribution < -0.4 is 5.73 Å². The molecular formula is C10H13Cl2NO. The number of primary amides is 1. The molecule has 1 amide bonds. The van der Waals surface area contributed by atoms with E-state index in [2.05, 4.69) is 0 Å². The maximum absolute atomic E-state index is 10.5. The average molecular weight is 234 g/mol. The van der Waals surface area contributed by atoms with E-state index in [1.54, 1.807) is 18.2 Å². The van der Waals surface area contributed by atoms with E-state index < -0.39 is 0 Å². The van der Waals surface area contributed by atoms with Crippen molar-refractivity contribution < 1.29 is 4.79 Å². The van der Waals surface area contributed by atoms with Gasteiger partial charge in [-0.2, -0.15) is 0 Å². The summed E-state index contributed by atoms with van der Waals surface area (Å²) in [7, 11) is 0. The highest BCUT2D eigenvalue weighted by Gasteiger charge is 2.01. The summed E-state index contributed by atoms with van der Waals surface area (Å²) in [6, 6.07) is 5.00. The smallest absolute Gasteiger partial charge is 0.221 e. The molecule has 0 heterocycles. The van der Waals surface area contributed by atoms with Gasteiger partial charge in [-0.25, -0.2) is 0 Å². The van der Waals surface area contributed by atoms with Gasteiger partial charge in [0.15, 0.2) is 0 Å². The van der Waals surface area contributed by atoms with Gasteiger partial charge >= 0.3 is 0 Å². The Morgan fingerprint density at radius 2 is 1.86 bits per heavy atom. The number of hydrogen-bond acceptors (Lipinski definition) is 1. The zero-order chi connectivity index (χ0) is 11.1. The highest BCUT2D eigenvalue weighted by atomic mass is 35.5. The van der Waals surface area contributed by atoms with Crippen LogP contribution in [-0.2, 0) is 11.2 Å². The fraction of sp³-hybridized carbons (Fsp3) is 0.300. The van der Waals surface area contributed by atoms with Crippen LogP contribution in [-0.4, -0.2) is 5.91 Å². The molecule has 0 bridgehead atoms. The lowest BCUT2D eigenvalue weighted by Crippen LogP contribution is -2.13. The topological polar surface area (TPSA) is 43.1 Å². The first-order valence-electron chi connectivity index (χ1n) is 4.32. The average Bonchev–Trinajstić information content (AvgIpc) is 2.14. The maximum atomic E-state index is 10.5. The van der Waals surface area contributed by atoms with Gasteiger partial charge in [0, 0.05) is 0 Å². The molecule has 78 valence electrons. The van der Waals surface area contributed by atoms with Crippen LogP contribution in [0.4, 0.5) is 0 Å². The molecule has 0 aliphatic heterocycles. The standard InChI is InChI=1S/C8H7Cl2NO.C2H6/c9-6-2-1-5(3-7(6)10)4-8(11)12;1-2/h1-3H,4H2,(H2,11,12);1-2H3. The minimum atomic E-state index is -0.381. The van der Waals surface area contributed by atoms with E-state index in [9.17, 15) is 4.79 Å². The van der Waals surface area contributed by atoms with Crippen molar-refractivity contribution in [2.45, 2.75) is 20.3 Å². The summed E-state index contributed by atoms with van der Waals surface area (Å²) in [6.07, 6.45) is 0.191. The second-order valence-electron chi connectivity index (χ2n) is 2.39. The first kappa shape index (κ1) is 13.3. The quantitative estimate of drug-likeness (QED) is 0.839. The van der Waals surface area contributed by atoms with Crippen molar-refractivity contribution in [2.24, 2.45) is 5.73 Å². The van der Waals surface area contributed by atoms with Crippen LogP contribution in [0.25, 0.3) is 0 Å². The van der Waals surface area contributed by atoms with E-state index in [4.69, 9.17) is 28.9 Å². The van der Waals surface area contributed by atoms with Crippen molar-refractivity contribution in [2.75, 3.05) is 0 Å². The van der Waals surface area contributed by atoms with Gasteiger partial charge < -0.3 is 5.73 Å². The number of amides is 1. The minimum absolute atomic E-state index is 0.191. The van der Waals surface area contributed by atoms with Crippen LogP contribution in [0, 0.1) is 0 Å². The molecule has 14 heavy (non-hydrogen) atoms. The van der Waals surface area contributed by atoms with Crippen molar-refractivity contribution >= 4 is 29.1 Å². The van der Waals surface area contributed by atoms with Crippen LogP contribution in [0.3, 0.4) is 0 Å². The molecule has 0 unspecified atom stereocenters. The molecule has 1 rings (SSSR count). The van der Waals surface area contributed by atoms with Crippen LogP contribution in [0.15, 0.2) is 18.2 Å². The molecule has 0 radical (unpaired) electrons. The molecule has 0 fully saturated rings. The lowest BCUT2D eigenvalue weighted by Gasteiger charge is -1.99. The lowest BCUT2D eigenvalue weighted by molar-refractivity contribution is -0.117. The Labute approximate surface area is 94.0 Å². The number of hydrogen-bond donors (Lipinski definition) is 1. The number of carbonyl (C=O) groups is 1. The van der Waals surface area contributed by atoms with Gasteiger partial charge in [-0.15, -0.1) is 0 Å². The van der Waals surface area contributed by atoms with Crippen molar-refractivity contribution in [1.82, 2.24) is 0 Å². The van der Waals surface area contributed by atoms with E-state index in [0.717, 1.165) is 5.56 Å². The summed E-state index contributed by atoms with van der Waals surface area (Å²) in [6.45, 7) is 4.00. The van der Waals surface area contributed by atoms with Gasteiger partial charge in [0.1, 0.15) is 0 Å². The molecule has 2 nitrogen and oxygen atoms in total. The van der Waals surface area contributed by atoms with E-state index in [-0.39, 0.29) is 12.3 Å². The van der Waals surface area contributed by atoms with Crippen molar-refractivity contribution in [3.8, 4) is 0 Å². The third-order valence-electron chi connectivity index (χ3n) is 1.36. The van der Waals surface area contributed by atoms with Gasteiger partial charge in [-0.1, -0.05) is 43.1 Å². The highest BCUT2D eigenvalue weighted by molar-refractivity contribution is 6.42. The summed E-state index contributed by atoms with van der Waals surface area (Å²) in [5.41, 5.74) is 5.77. The molecule has 0 saturated carbocycles. The highest BCUT2D eigenvalue weighted by Crippen LogP contribution is 2.22. The third-order valence-corrected chi connectivity index (χ3v) is 2.10. The Balaban J connectivity index is 0.000000791. The van der Waals surface area contributed by atoms with Gasteiger partial charge in [0.05, 0.1) is 16.5 Å². The Morgan fingerprint density at radius 3 is 2.29 bits per heavy atom. The normalized spacial score (nSPS) is 8.86. The van der Waals surface area contributed by atoms with Gasteiger partial charge in [0.2, 0.25) is 5.91 Å². The summed E-state index contributed by atoms with van der Waals surface area (Å²) in [4.78, 5) is 10.5. The molecule has 0 saturated heterocycles. The fourth-order valence-electron chi connectivity index (χ4n) is 0.851. The van der Waals surface area contributed by atoms with Crippen molar-refractivity contribution in [1.29, 1.82) is 0 Å². The molecule has 0 aliphatic carbocycles. The van der Waals surface area contributed by atoms with Crippen molar-refractivity contribution in [3.63, 3.8) is 0 Å². The molecule has 1 aromatic carbocycles. The van der Waals surface area contributed by atoms with Crippen LogP contribution in [0.1, 0.15) is 19.4 Å². The largest absolute Gasteiger partial charge is 0.369 e.